The van der Waals surface area contributed by atoms with Gasteiger partial charge in [0.25, 0.3) is 5.91 Å². The fourth-order valence-electron chi connectivity index (χ4n) is 2.52. The van der Waals surface area contributed by atoms with E-state index in [0.717, 1.165) is 14.6 Å². The van der Waals surface area contributed by atoms with Gasteiger partial charge in [0, 0.05) is 7.11 Å². The standard InChI is InChI=1S/C16H16N2O4S3/c1-8(2)11(15(20)21)18-13(19)12(22-3)14(18)24-25-16-17-9-6-4-5-7-10(9)23-16/h4-7,12,14H,1-3H3,(H,20,21)/t12-,14+/m0/s1. The smallest absolute Gasteiger partial charge is 0.352 e. The number of aliphatic carboxylic acids is 1. The second kappa shape index (κ2) is 7.36. The predicted molar refractivity (Wildman–Crippen MR) is 101 cm³/mol. The van der Waals surface area contributed by atoms with E-state index in [1.165, 1.54) is 33.6 Å². The van der Waals surface area contributed by atoms with Crippen molar-refractivity contribution in [3.8, 4) is 0 Å². The van der Waals surface area contributed by atoms with Gasteiger partial charge >= 0.3 is 5.97 Å². The highest BCUT2D eigenvalue weighted by Crippen LogP contribution is 2.46. The quantitative estimate of drug-likeness (QED) is 0.454. The van der Waals surface area contributed by atoms with E-state index in [1.54, 1.807) is 25.2 Å². The second-order valence-corrected chi connectivity index (χ2v) is 9.13. The van der Waals surface area contributed by atoms with Crippen LogP contribution in [0.15, 0.2) is 39.9 Å². The van der Waals surface area contributed by atoms with E-state index >= 15 is 0 Å². The molecule has 2 aromatic rings. The van der Waals surface area contributed by atoms with Crippen LogP contribution in [0, 0.1) is 0 Å². The molecule has 0 spiro atoms. The van der Waals surface area contributed by atoms with Crippen LogP contribution in [-0.2, 0) is 14.3 Å². The number of carboxylic acid groups (broad SMARTS) is 1. The average molecular weight is 397 g/mol. The van der Waals surface area contributed by atoms with Crippen LogP contribution in [-0.4, -0.2) is 45.5 Å². The summed E-state index contributed by atoms with van der Waals surface area (Å²) >= 11 is 1.56. The van der Waals surface area contributed by atoms with Crippen LogP contribution in [0.3, 0.4) is 0 Å². The number of aromatic nitrogens is 1. The van der Waals surface area contributed by atoms with E-state index in [9.17, 15) is 14.7 Å². The Morgan fingerprint density at radius 3 is 2.68 bits per heavy atom. The Morgan fingerprint density at radius 2 is 2.08 bits per heavy atom. The zero-order valence-electron chi connectivity index (χ0n) is 13.8. The van der Waals surface area contributed by atoms with Crippen molar-refractivity contribution in [3.05, 3.63) is 35.5 Å². The summed E-state index contributed by atoms with van der Waals surface area (Å²) in [6.07, 6.45) is -0.652. The Bertz CT molecular complexity index is 827. The molecule has 0 radical (unpaired) electrons. The van der Waals surface area contributed by atoms with Crippen LogP contribution < -0.4 is 0 Å². The van der Waals surface area contributed by atoms with Crippen LogP contribution in [0.2, 0.25) is 0 Å². The number of hydrogen-bond acceptors (Lipinski definition) is 7. The fraction of sp³-hybridized carbons (Fsp3) is 0.312. The molecule has 1 aliphatic heterocycles. The first-order valence-electron chi connectivity index (χ1n) is 7.39. The largest absolute Gasteiger partial charge is 0.477 e. The molecule has 25 heavy (non-hydrogen) atoms. The Kier molecular flexibility index (Phi) is 5.38. The fourth-order valence-corrected chi connectivity index (χ4v) is 6.44. The number of amides is 1. The van der Waals surface area contributed by atoms with E-state index in [0.29, 0.717) is 5.57 Å². The molecule has 0 unspecified atom stereocenters. The number of carbonyl (C=O) groups is 2. The van der Waals surface area contributed by atoms with E-state index in [1.807, 2.05) is 24.3 Å². The Balaban J connectivity index is 1.79. The lowest BCUT2D eigenvalue weighted by Crippen LogP contribution is -2.63. The molecule has 9 heteroatoms. The number of thiazole rings is 1. The number of fused-ring (bicyclic) bond motifs is 1. The van der Waals surface area contributed by atoms with Crippen molar-refractivity contribution in [1.29, 1.82) is 0 Å². The number of nitrogens with zero attached hydrogens (tertiary/aromatic N) is 2. The molecule has 3 rings (SSSR count). The molecule has 1 aromatic carbocycles. The van der Waals surface area contributed by atoms with Crippen molar-refractivity contribution in [2.24, 2.45) is 0 Å². The van der Waals surface area contributed by atoms with Crippen LogP contribution in [0.25, 0.3) is 10.2 Å². The molecule has 2 atom stereocenters. The maximum atomic E-state index is 12.3. The second-order valence-electron chi connectivity index (χ2n) is 5.54. The molecule has 0 bridgehead atoms. The van der Waals surface area contributed by atoms with E-state index < -0.39 is 17.4 Å². The molecule has 1 N–H and O–H groups in total. The number of carbonyl (C=O) groups excluding carboxylic acids is 1. The van der Waals surface area contributed by atoms with Gasteiger partial charge in [0.1, 0.15) is 11.1 Å². The number of carboxylic acids is 1. The molecule has 2 heterocycles. The number of β-lactam (4-membered cyclic amide) rings is 1. The summed E-state index contributed by atoms with van der Waals surface area (Å²) in [5, 5.41) is 9.03. The van der Waals surface area contributed by atoms with E-state index in [-0.39, 0.29) is 11.6 Å². The SMILES string of the molecule is CO[C@H]1C(=O)N(C(C(=O)O)=C(C)C)[C@@H]1SSc1nc2ccccc2s1. The molecular formula is C16H16N2O4S3. The van der Waals surface area contributed by atoms with E-state index in [2.05, 4.69) is 4.98 Å². The van der Waals surface area contributed by atoms with Gasteiger partial charge in [0.05, 0.1) is 10.2 Å². The van der Waals surface area contributed by atoms with Crippen LogP contribution in [0.1, 0.15) is 13.8 Å². The summed E-state index contributed by atoms with van der Waals surface area (Å²) in [6, 6.07) is 7.85. The zero-order valence-corrected chi connectivity index (χ0v) is 16.2. The number of allylic oxidation sites excluding steroid dienone is 1. The molecule has 1 aliphatic rings. The number of likely N-dealkylation sites (tertiary alicyclic amines) is 1. The van der Waals surface area contributed by atoms with Crippen molar-refractivity contribution in [3.63, 3.8) is 0 Å². The first kappa shape index (κ1) is 18.2. The van der Waals surface area contributed by atoms with Crippen molar-refractivity contribution in [2.75, 3.05) is 7.11 Å². The molecular weight excluding hydrogens is 380 g/mol. The summed E-state index contributed by atoms with van der Waals surface area (Å²) in [7, 11) is 4.27. The molecule has 1 fully saturated rings. The molecule has 0 aliphatic carbocycles. The normalized spacial score (nSPS) is 19.8. The number of methoxy groups -OCH3 is 1. The van der Waals surface area contributed by atoms with Gasteiger partial charge < -0.3 is 9.84 Å². The number of para-hydroxylation sites is 1. The highest BCUT2D eigenvalue weighted by Gasteiger charge is 2.52. The molecule has 132 valence electrons. The van der Waals surface area contributed by atoms with Gasteiger partial charge in [0.2, 0.25) is 0 Å². The Morgan fingerprint density at radius 1 is 1.36 bits per heavy atom. The average Bonchev–Trinajstić information content (AvgIpc) is 2.98. The number of hydrogen-bond donors (Lipinski definition) is 1. The van der Waals surface area contributed by atoms with Crippen LogP contribution >= 0.6 is 32.9 Å². The van der Waals surface area contributed by atoms with Crippen LogP contribution in [0.5, 0.6) is 0 Å². The third-order valence-electron chi connectivity index (χ3n) is 3.66. The zero-order chi connectivity index (χ0) is 18.1. The van der Waals surface area contributed by atoms with Crippen LogP contribution in [0.4, 0.5) is 0 Å². The summed E-state index contributed by atoms with van der Waals surface area (Å²) < 4.78 is 7.19. The lowest BCUT2D eigenvalue weighted by Gasteiger charge is -2.45. The highest BCUT2D eigenvalue weighted by atomic mass is 33.1. The minimum Gasteiger partial charge on any atom is -0.477 e. The van der Waals surface area contributed by atoms with Crippen molar-refractivity contribution < 1.29 is 19.4 Å². The maximum Gasteiger partial charge on any atom is 0.352 e. The molecule has 0 saturated carbocycles. The number of ether oxygens (including phenoxy) is 1. The Hall–Kier alpha value is -1.55. The van der Waals surface area contributed by atoms with Crippen molar-refractivity contribution in [1.82, 2.24) is 9.88 Å². The van der Waals surface area contributed by atoms with Gasteiger partial charge in [-0.3, -0.25) is 9.69 Å². The first-order chi connectivity index (χ1) is 11.9. The van der Waals surface area contributed by atoms with Gasteiger partial charge in [-0.15, -0.1) is 11.3 Å². The minimum atomic E-state index is -1.11. The van der Waals surface area contributed by atoms with Gasteiger partial charge in [-0.05, 0) is 42.3 Å². The van der Waals surface area contributed by atoms with E-state index in [4.69, 9.17) is 4.74 Å². The monoisotopic (exact) mass is 396 g/mol. The number of rotatable bonds is 6. The number of benzene rings is 1. The van der Waals surface area contributed by atoms with Crippen molar-refractivity contribution in [2.45, 2.75) is 29.7 Å². The lowest BCUT2D eigenvalue weighted by molar-refractivity contribution is -0.161. The van der Waals surface area contributed by atoms with Gasteiger partial charge in [-0.25, -0.2) is 9.78 Å². The van der Waals surface area contributed by atoms with Gasteiger partial charge in [0.15, 0.2) is 10.4 Å². The molecule has 1 amide bonds. The summed E-state index contributed by atoms with van der Waals surface area (Å²) in [5.74, 6) is -1.44. The first-order valence-corrected chi connectivity index (χ1v) is 10.4. The summed E-state index contributed by atoms with van der Waals surface area (Å²) in [5.41, 5.74) is 1.52. The molecule has 6 nitrogen and oxygen atoms in total. The maximum absolute atomic E-state index is 12.3. The highest BCUT2D eigenvalue weighted by molar-refractivity contribution is 8.77. The predicted octanol–water partition coefficient (Wildman–Crippen LogP) is 3.60. The summed E-state index contributed by atoms with van der Waals surface area (Å²) in [6.45, 7) is 3.36. The molecule has 1 saturated heterocycles. The minimum absolute atomic E-state index is 0.0145. The third kappa shape index (κ3) is 3.41. The van der Waals surface area contributed by atoms with Gasteiger partial charge in [-0.1, -0.05) is 22.9 Å². The van der Waals surface area contributed by atoms with Crippen molar-refractivity contribution >= 4 is 55.0 Å². The molecule has 1 aromatic heterocycles. The Labute approximate surface area is 156 Å². The van der Waals surface area contributed by atoms with Gasteiger partial charge in [-0.2, -0.15) is 0 Å². The third-order valence-corrected chi connectivity index (χ3v) is 7.64. The lowest BCUT2D eigenvalue weighted by atomic mass is 10.1. The topological polar surface area (TPSA) is 79.7 Å². The summed E-state index contributed by atoms with van der Waals surface area (Å²) in [4.78, 5) is 29.7.